The van der Waals surface area contributed by atoms with E-state index in [1.807, 2.05) is 41.5 Å². The van der Waals surface area contributed by atoms with E-state index in [0.29, 0.717) is 30.5 Å². The molecule has 0 bridgehead atoms. The van der Waals surface area contributed by atoms with Crippen LogP contribution in [0.25, 0.3) is 0 Å². The van der Waals surface area contributed by atoms with E-state index in [4.69, 9.17) is 5.73 Å². The fourth-order valence-electron chi connectivity index (χ4n) is 2.27. The maximum absolute atomic E-state index is 12.1. The number of nitrogens with two attached hydrogens (primary N) is 1. The van der Waals surface area contributed by atoms with Crippen molar-refractivity contribution in [1.82, 2.24) is 9.88 Å². The molecule has 0 aliphatic carbocycles. The number of nitrogen functional groups attached to an aromatic ring is 1. The number of likely N-dealkylation sites (tertiary alicyclic amines) is 1. The van der Waals surface area contributed by atoms with Crippen LogP contribution in [0.3, 0.4) is 0 Å². The predicted molar refractivity (Wildman–Crippen MR) is 123 cm³/mol. The number of nitrogens with one attached hydrogen (secondary N) is 1. The molecular weight excluding hydrogens is 352 g/mol. The van der Waals surface area contributed by atoms with E-state index in [-0.39, 0.29) is 5.91 Å². The smallest absolute Gasteiger partial charge is 0.272 e. The highest BCUT2D eigenvalue weighted by Crippen LogP contribution is 2.17. The molecule has 28 heavy (non-hydrogen) atoms. The third-order valence-corrected chi connectivity index (χ3v) is 3.29. The summed E-state index contributed by atoms with van der Waals surface area (Å²) in [7, 11) is 0. The van der Waals surface area contributed by atoms with Crippen molar-refractivity contribution in [2.24, 2.45) is 5.92 Å². The second-order valence-electron chi connectivity index (χ2n) is 5.76. The van der Waals surface area contributed by atoms with E-state index in [9.17, 15) is 9.90 Å². The zero-order valence-electron chi connectivity index (χ0n) is 19.7. The zero-order valence-corrected chi connectivity index (χ0v) is 19.7. The number of rotatable bonds is 3. The largest absolute Gasteiger partial charge is 0.384 e. The molecule has 0 radical (unpaired) electrons. The van der Waals surface area contributed by atoms with Crippen LogP contribution in [0.4, 0.5) is 11.5 Å². The lowest BCUT2D eigenvalue weighted by Crippen LogP contribution is -2.47. The minimum absolute atomic E-state index is 0.289. The summed E-state index contributed by atoms with van der Waals surface area (Å²) in [6.45, 7) is 19.8. The lowest BCUT2D eigenvalue weighted by Gasteiger charge is -2.32. The minimum atomic E-state index is -1.24. The van der Waals surface area contributed by atoms with Gasteiger partial charge >= 0.3 is 0 Å². The summed E-state index contributed by atoms with van der Waals surface area (Å²) >= 11 is 0. The van der Waals surface area contributed by atoms with Crippen LogP contribution in [0.1, 0.15) is 81.6 Å². The molecule has 1 fully saturated rings. The second-order valence-corrected chi connectivity index (χ2v) is 5.76. The van der Waals surface area contributed by atoms with Crippen LogP contribution >= 0.6 is 0 Å². The summed E-state index contributed by atoms with van der Waals surface area (Å²) in [6.07, 6.45) is 3.62. The summed E-state index contributed by atoms with van der Waals surface area (Å²) in [5, 5.41) is 12.6. The highest BCUT2D eigenvalue weighted by molar-refractivity contribution is 5.83. The molecule has 2 atom stereocenters. The van der Waals surface area contributed by atoms with Crippen molar-refractivity contribution < 1.29 is 9.90 Å². The standard InChI is InChI=1S/C13H20N4O2.C3H8.3C2H6/c1-9-3-2-6-17(8-9)13(19)12(18)16-10-4-5-11(14)15-7-10;1-3-2;3*1-2/h4-5,7,9,12,16,18H,2-3,6,8H2,1H3,(H2,14,15);3H2,1-2H3;3*1-2H3. The minimum Gasteiger partial charge on any atom is -0.384 e. The average molecular weight is 399 g/mol. The van der Waals surface area contributed by atoms with E-state index in [2.05, 4.69) is 31.1 Å². The summed E-state index contributed by atoms with van der Waals surface area (Å²) in [5.74, 6) is 0.600. The number of carbonyl (C=O) groups is 1. The molecule has 1 saturated heterocycles. The van der Waals surface area contributed by atoms with Gasteiger partial charge in [0.1, 0.15) is 5.82 Å². The molecule has 1 aromatic rings. The molecule has 6 nitrogen and oxygen atoms in total. The van der Waals surface area contributed by atoms with Crippen molar-refractivity contribution in [3.05, 3.63) is 18.3 Å². The number of hydrogen-bond acceptors (Lipinski definition) is 5. The molecule has 166 valence electrons. The highest BCUT2D eigenvalue weighted by Gasteiger charge is 2.26. The average Bonchev–Trinajstić information content (AvgIpc) is 2.74. The zero-order chi connectivity index (χ0) is 22.5. The van der Waals surface area contributed by atoms with Gasteiger partial charge in [-0.15, -0.1) is 0 Å². The lowest BCUT2D eigenvalue weighted by molar-refractivity contribution is -0.140. The first-order valence-corrected chi connectivity index (χ1v) is 10.9. The Labute approximate surface area is 173 Å². The summed E-state index contributed by atoms with van der Waals surface area (Å²) in [5.41, 5.74) is 6.04. The summed E-state index contributed by atoms with van der Waals surface area (Å²) in [6, 6.07) is 3.29. The van der Waals surface area contributed by atoms with E-state index in [0.717, 1.165) is 12.8 Å². The van der Waals surface area contributed by atoms with Gasteiger partial charge in [-0.2, -0.15) is 0 Å². The van der Waals surface area contributed by atoms with E-state index in [1.54, 1.807) is 17.0 Å². The number of carbonyl (C=O) groups excluding carboxylic acids is 1. The Morgan fingerprint density at radius 3 is 2.21 bits per heavy atom. The van der Waals surface area contributed by atoms with Crippen molar-refractivity contribution in [1.29, 1.82) is 0 Å². The van der Waals surface area contributed by atoms with Gasteiger partial charge in [-0.05, 0) is 30.9 Å². The molecular formula is C22H46N4O2. The van der Waals surface area contributed by atoms with Gasteiger partial charge in [0.05, 0.1) is 11.9 Å². The first-order valence-electron chi connectivity index (χ1n) is 10.9. The van der Waals surface area contributed by atoms with Gasteiger partial charge in [0.25, 0.3) is 5.91 Å². The molecule has 2 rings (SSSR count). The van der Waals surface area contributed by atoms with E-state index >= 15 is 0 Å². The van der Waals surface area contributed by atoms with Crippen molar-refractivity contribution in [2.75, 3.05) is 24.1 Å². The Hall–Kier alpha value is -1.82. The third-order valence-electron chi connectivity index (χ3n) is 3.29. The van der Waals surface area contributed by atoms with Gasteiger partial charge in [0.15, 0.2) is 0 Å². The van der Waals surface area contributed by atoms with Crippen molar-refractivity contribution in [3.63, 3.8) is 0 Å². The van der Waals surface area contributed by atoms with Crippen molar-refractivity contribution in [2.45, 2.75) is 87.8 Å². The number of amides is 1. The van der Waals surface area contributed by atoms with Crippen LogP contribution in [0.5, 0.6) is 0 Å². The van der Waals surface area contributed by atoms with Crippen molar-refractivity contribution >= 4 is 17.4 Å². The molecule has 2 unspecified atom stereocenters. The Morgan fingerprint density at radius 2 is 1.79 bits per heavy atom. The van der Waals surface area contributed by atoms with Gasteiger partial charge < -0.3 is 21.1 Å². The van der Waals surface area contributed by atoms with Crippen LogP contribution in [-0.2, 0) is 4.79 Å². The fraction of sp³-hybridized carbons (Fsp3) is 0.727. The van der Waals surface area contributed by atoms with Gasteiger partial charge in [-0.25, -0.2) is 4.98 Å². The van der Waals surface area contributed by atoms with Crippen LogP contribution in [-0.4, -0.2) is 40.2 Å². The number of aromatic nitrogens is 1. The summed E-state index contributed by atoms with van der Waals surface area (Å²) in [4.78, 5) is 17.7. The SMILES string of the molecule is CC.CC.CC.CC1CCCN(C(=O)C(O)Nc2ccc(N)nc2)C1.CCC. The number of aliphatic hydroxyl groups excluding tert-OH is 1. The Kier molecular flexibility index (Phi) is 23.7. The number of pyridine rings is 1. The van der Waals surface area contributed by atoms with Crippen LogP contribution in [0.15, 0.2) is 18.3 Å². The van der Waals surface area contributed by atoms with E-state index < -0.39 is 6.23 Å². The molecule has 0 spiro atoms. The molecule has 0 saturated carbocycles. The summed E-state index contributed by atoms with van der Waals surface area (Å²) < 4.78 is 0. The normalized spacial score (nSPS) is 15.5. The Bertz CT molecular complexity index is 452. The van der Waals surface area contributed by atoms with Gasteiger partial charge in [-0.3, -0.25) is 4.79 Å². The molecule has 4 N–H and O–H groups in total. The maximum Gasteiger partial charge on any atom is 0.272 e. The molecule has 2 heterocycles. The number of piperidine rings is 1. The fourth-order valence-corrected chi connectivity index (χ4v) is 2.27. The Morgan fingerprint density at radius 1 is 1.25 bits per heavy atom. The van der Waals surface area contributed by atoms with Gasteiger partial charge in [0.2, 0.25) is 6.23 Å². The number of aliphatic hydroxyl groups is 1. The Balaban J connectivity index is -0.000000604. The van der Waals surface area contributed by atoms with Crippen LogP contribution in [0.2, 0.25) is 0 Å². The van der Waals surface area contributed by atoms with Gasteiger partial charge in [0, 0.05) is 13.1 Å². The van der Waals surface area contributed by atoms with Crippen LogP contribution < -0.4 is 11.1 Å². The van der Waals surface area contributed by atoms with Gasteiger partial charge in [-0.1, -0.05) is 68.7 Å². The predicted octanol–water partition coefficient (Wildman–Crippen LogP) is 5.15. The quantitative estimate of drug-likeness (QED) is 0.613. The molecule has 6 heteroatoms. The molecule has 1 aliphatic rings. The third kappa shape index (κ3) is 14.3. The first-order chi connectivity index (χ1) is 13.5. The molecule has 1 aromatic heterocycles. The lowest BCUT2D eigenvalue weighted by atomic mass is 10.0. The number of nitrogens with zero attached hydrogens (tertiary/aromatic N) is 2. The number of anilines is 2. The topological polar surface area (TPSA) is 91.5 Å². The molecule has 1 aliphatic heterocycles. The molecule has 1 amide bonds. The number of hydrogen-bond donors (Lipinski definition) is 3. The highest BCUT2D eigenvalue weighted by atomic mass is 16.3. The van der Waals surface area contributed by atoms with Crippen LogP contribution in [0, 0.1) is 5.92 Å². The maximum atomic E-state index is 12.1. The first kappa shape index (κ1) is 30.9. The van der Waals surface area contributed by atoms with E-state index in [1.165, 1.54) is 12.6 Å². The van der Waals surface area contributed by atoms with Crippen molar-refractivity contribution in [3.8, 4) is 0 Å². The second kappa shape index (κ2) is 21.5. The monoisotopic (exact) mass is 398 g/mol. The molecule has 0 aromatic carbocycles.